The molecule has 0 atom stereocenters. The first kappa shape index (κ1) is 47.0. The first-order chi connectivity index (χ1) is 31.6. The van der Waals surface area contributed by atoms with E-state index in [9.17, 15) is 4.57 Å². The van der Waals surface area contributed by atoms with Crippen molar-refractivity contribution in [3.8, 4) is 45.3 Å². The maximum absolute atomic E-state index is 14.9. The molecule has 0 aliphatic heterocycles. The molecule has 0 spiro atoms. The average molecular weight is 1060 g/mol. The van der Waals surface area contributed by atoms with Gasteiger partial charge in [-0.15, -0.1) is 82.9 Å². The normalized spacial score (nSPS) is 11.0. The van der Waals surface area contributed by atoms with E-state index in [1.165, 1.54) is 5.56 Å². The van der Waals surface area contributed by atoms with Crippen LogP contribution in [0.2, 0.25) is 0 Å². The molecule has 1 aromatic heterocycles. The summed E-state index contributed by atoms with van der Waals surface area (Å²) in [5.74, 6) is 3.15. The Labute approximate surface area is 405 Å². The Balaban J connectivity index is 0.000000246. The minimum absolute atomic E-state index is 0. The SMILES string of the molecule is COc1c[c-]c(-c2cc(-c3ccc(P(=O)(c4ccccc4)c4ccccc4)cc3)cc(-c3[c-]cc(C(C)(C)C)cc3)n2)cc1.[Au+3].[C-]#Cc1ccc(N(c2ccccc2)c2ccccc2)cc1. The van der Waals surface area contributed by atoms with Crippen LogP contribution in [0.5, 0.6) is 5.75 Å². The third-order valence-electron chi connectivity index (χ3n) is 11.2. The number of para-hydroxylation sites is 2. The molecule has 326 valence electrons. The third kappa shape index (κ3) is 10.8. The van der Waals surface area contributed by atoms with Crippen LogP contribution in [0.4, 0.5) is 17.1 Å². The minimum Gasteiger partial charge on any atom is -0.540 e. The number of nitrogens with zero attached hydrogens (tertiary/aromatic N) is 2. The average Bonchev–Trinajstić information content (AvgIpc) is 3.37. The van der Waals surface area contributed by atoms with Gasteiger partial charge in [-0.25, -0.2) is 0 Å². The Hall–Kier alpha value is -6.96. The van der Waals surface area contributed by atoms with Crippen molar-refractivity contribution in [3.63, 3.8) is 0 Å². The van der Waals surface area contributed by atoms with Gasteiger partial charge in [0, 0.05) is 38.7 Å². The van der Waals surface area contributed by atoms with Gasteiger partial charge in [0.05, 0.1) is 7.11 Å². The third-order valence-corrected chi connectivity index (χ3v) is 14.3. The molecule has 0 aliphatic rings. The Morgan fingerprint density at radius 3 is 1.42 bits per heavy atom. The number of benzene rings is 8. The molecular weight excluding hydrogens is 1010 g/mol. The van der Waals surface area contributed by atoms with Crippen molar-refractivity contribution in [1.29, 1.82) is 0 Å². The van der Waals surface area contributed by atoms with E-state index >= 15 is 0 Å². The predicted octanol–water partition coefficient (Wildman–Crippen LogP) is 13.7. The standard InChI is InChI=1S/C40H34NO2P.C20H14N.Au/c1-40(2,3)33-21-15-30(16-22-33)38-27-32(28-39(41-38)31-17-23-34(43-4)24-18-31)29-19-25-37(26-20-29)44(42,35-11-7-5-8-12-35)36-13-9-6-10-14-36;1-2-17-13-15-20(16-14-17)21(18-9-5-3-6-10-18)19-11-7-4-8-12-19;/h5-15,17,19-28H,1-4H3;3-16H;/q-2;-1;+3. The molecule has 6 heteroatoms. The molecule has 0 fully saturated rings. The predicted molar refractivity (Wildman–Crippen MR) is 270 cm³/mol. The zero-order valence-electron chi connectivity index (χ0n) is 37.2. The largest absolute Gasteiger partial charge is 3.00 e. The van der Waals surface area contributed by atoms with Gasteiger partial charge >= 0.3 is 22.4 Å². The molecule has 0 radical (unpaired) electrons. The fourth-order valence-electron chi connectivity index (χ4n) is 7.60. The molecule has 9 rings (SSSR count). The number of anilines is 3. The summed E-state index contributed by atoms with van der Waals surface area (Å²) in [7, 11) is -1.42. The van der Waals surface area contributed by atoms with Gasteiger partial charge in [0.15, 0.2) is 7.14 Å². The first-order valence-corrected chi connectivity index (χ1v) is 23.2. The molecule has 66 heavy (non-hydrogen) atoms. The Kier molecular flexibility index (Phi) is 15.2. The van der Waals surface area contributed by atoms with Crippen LogP contribution in [-0.4, -0.2) is 12.1 Å². The second kappa shape index (κ2) is 21.4. The minimum atomic E-state index is -3.06. The van der Waals surface area contributed by atoms with Crippen LogP contribution in [-0.2, 0) is 32.4 Å². The second-order valence-corrected chi connectivity index (χ2v) is 19.3. The molecule has 4 nitrogen and oxygen atoms in total. The Morgan fingerprint density at radius 1 is 0.545 bits per heavy atom. The second-order valence-electron chi connectivity index (χ2n) is 16.5. The Bertz CT molecular complexity index is 2960. The first-order valence-electron chi connectivity index (χ1n) is 21.5. The fourth-order valence-corrected chi connectivity index (χ4v) is 10.3. The number of rotatable bonds is 10. The zero-order valence-corrected chi connectivity index (χ0v) is 40.3. The molecule has 1 heterocycles. The van der Waals surface area contributed by atoms with Gasteiger partial charge in [-0.2, -0.15) is 0 Å². The maximum atomic E-state index is 14.9. The molecule has 0 bridgehead atoms. The van der Waals surface area contributed by atoms with E-state index in [0.717, 1.165) is 77.9 Å². The van der Waals surface area contributed by atoms with Crippen LogP contribution in [0.25, 0.3) is 33.6 Å². The van der Waals surface area contributed by atoms with Crippen molar-refractivity contribution in [2.24, 2.45) is 0 Å². The van der Waals surface area contributed by atoms with E-state index < -0.39 is 7.14 Å². The van der Waals surface area contributed by atoms with E-state index in [1.54, 1.807) is 7.11 Å². The molecule has 9 aromatic rings. The molecular formula is C60H48AuN2O2P. The number of ether oxygens (including phenoxy) is 1. The number of hydrogen-bond acceptors (Lipinski definition) is 4. The Morgan fingerprint density at radius 2 is 1.00 bits per heavy atom. The number of pyridine rings is 1. The molecule has 8 aromatic carbocycles. The fraction of sp³-hybridized carbons (Fsp3) is 0.0833. The smallest absolute Gasteiger partial charge is 0.540 e. The van der Waals surface area contributed by atoms with E-state index in [1.807, 2.05) is 152 Å². The van der Waals surface area contributed by atoms with Gasteiger partial charge < -0.3 is 25.6 Å². The molecule has 0 unspecified atom stereocenters. The number of aromatic nitrogens is 1. The van der Waals surface area contributed by atoms with E-state index in [-0.39, 0.29) is 27.8 Å². The molecule has 0 N–H and O–H groups in total. The molecule has 0 amide bonds. The molecule has 0 saturated carbocycles. The summed E-state index contributed by atoms with van der Waals surface area (Å²) in [6, 6.07) is 78.9. The van der Waals surface area contributed by atoms with Crippen molar-refractivity contribution in [2.45, 2.75) is 26.2 Å². The van der Waals surface area contributed by atoms with Crippen LogP contribution in [0.1, 0.15) is 31.9 Å². The van der Waals surface area contributed by atoms with Crippen LogP contribution < -0.4 is 25.6 Å². The van der Waals surface area contributed by atoms with Crippen molar-refractivity contribution in [2.75, 3.05) is 12.0 Å². The quantitative estimate of drug-likeness (QED) is 0.0592. The van der Waals surface area contributed by atoms with E-state index in [2.05, 4.69) is 110 Å². The summed E-state index contributed by atoms with van der Waals surface area (Å²) >= 11 is 0. The van der Waals surface area contributed by atoms with Crippen LogP contribution in [0.3, 0.4) is 0 Å². The summed E-state index contributed by atoms with van der Waals surface area (Å²) in [6.45, 7) is 6.60. The number of hydrogen-bond donors (Lipinski definition) is 0. The maximum Gasteiger partial charge on any atom is 3.00 e. The van der Waals surface area contributed by atoms with Crippen LogP contribution >= 0.6 is 7.14 Å². The zero-order chi connectivity index (χ0) is 45.2. The molecule has 0 saturated heterocycles. The van der Waals surface area contributed by atoms with Gasteiger partial charge in [0.2, 0.25) is 0 Å². The van der Waals surface area contributed by atoms with Gasteiger partial charge in [0.25, 0.3) is 0 Å². The van der Waals surface area contributed by atoms with Crippen LogP contribution in [0, 0.1) is 24.5 Å². The molecule has 0 aliphatic carbocycles. The number of methoxy groups -OCH3 is 1. The summed E-state index contributed by atoms with van der Waals surface area (Å²) in [4.78, 5) is 7.22. The summed E-state index contributed by atoms with van der Waals surface area (Å²) < 4.78 is 20.2. The van der Waals surface area contributed by atoms with Gasteiger partial charge in [-0.3, -0.25) is 5.92 Å². The monoisotopic (exact) mass is 1060 g/mol. The van der Waals surface area contributed by atoms with Crippen molar-refractivity contribution in [3.05, 3.63) is 248 Å². The van der Waals surface area contributed by atoms with Crippen molar-refractivity contribution < 1.29 is 31.7 Å². The van der Waals surface area contributed by atoms with E-state index in [0.29, 0.717) is 0 Å². The van der Waals surface area contributed by atoms with Crippen LogP contribution in [0.15, 0.2) is 218 Å². The summed E-state index contributed by atoms with van der Waals surface area (Å²) in [6.07, 6.45) is 7.19. The summed E-state index contributed by atoms with van der Waals surface area (Å²) in [5, 5.41) is 2.43. The van der Waals surface area contributed by atoms with Gasteiger partial charge in [0.1, 0.15) is 0 Å². The summed E-state index contributed by atoms with van der Waals surface area (Å²) in [5.41, 5.74) is 10.7. The topological polar surface area (TPSA) is 42.4 Å². The van der Waals surface area contributed by atoms with Crippen molar-refractivity contribution in [1.82, 2.24) is 4.98 Å². The van der Waals surface area contributed by atoms with Gasteiger partial charge in [-0.05, 0) is 52.2 Å². The van der Waals surface area contributed by atoms with Crippen molar-refractivity contribution >= 4 is 40.1 Å². The van der Waals surface area contributed by atoms with E-state index in [4.69, 9.17) is 16.1 Å². The van der Waals surface area contributed by atoms with Gasteiger partial charge in [-0.1, -0.05) is 166 Å².